The van der Waals surface area contributed by atoms with E-state index in [1.165, 1.54) is 17.7 Å². The average molecular weight is 341 g/mol. The van der Waals surface area contributed by atoms with E-state index in [0.29, 0.717) is 12.5 Å². The van der Waals surface area contributed by atoms with Gasteiger partial charge in [0.1, 0.15) is 5.82 Å². The molecule has 0 unspecified atom stereocenters. The van der Waals surface area contributed by atoms with Crippen molar-refractivity contribution in [3.05, 3.63) is 70.9 Å². The second-order valence-corrected chi connectivity index (χ2v) is 7.47. The summed E-state index contributed by atoms with van der Waals surface area (Å²) in [5.41, 5.74) is 3.05. The molecule has 24 heavy (non-hydrogen) atoms. The SMILES string of the molecule is Cc1ccc(/N=C2\OCC(C)(C)\C2=C/Sc2ccc(F)cc2)cc1. The van der Waals surface area contributed by atoms with E-state index >= 15 is 0 Å². The van der Waals surface area contributed by atoms with Gasteiger partial charge in [-0.2, -0.15) is 0 Å². The minimum Gasteiger partial charge on any atom is -0.476 e. The summed E-state index contributed by atoms with van der Waals surface area (Å²) < 4.78 is 18.9. The van der Waals surface area contributed by atoms with Gasteiger partial charge in [-0.1, -0.05) is 43.3 Å². The molecular weight excluding hydrogens is 321 g/mol. The molecule has 4 heteroatoms. The molecule has 0 aromatic heterocycles. The Bertz CT molecular complexity index is 776. The number of aliphatic imine (C=N–C) groups is 1. The summed E-state index contributed by atoms with van der Waals surface area (Å²) in [6.45, 7) is 6.94. The Kier molecular flexibility index (Phi) is 4.76. The topological polar surface area (TPSA) is 21.6 Å². The lowest BCUT2D eigenvalue weighted by Gasteiger charge is -2.15. The van der Waals surface area contributed by atoms with Crippen molar-refractivity contribution in [1.82, 2.24) is 0 Å². The molecule has 0 saturated carbocycles. The van der Waals surface area contributed by atoms with E-state index in [0.717, 1.165) is 16.2 Å². The molecule has 1 aliphatic heterocycles. The second kappa shape index (κ2) is 6.81. The van der Waals surface area contributed by atoms with Gasteiger partial charge in [0.2, 0.25) is 5.90 Å². The van der Waals surface area contributed by atoms with Crippen LogP contribution in [0.1, 0.15) is 19.4 Å². The van der Waals surface area contributed by atoms with Crippen molar-refractivity contribution in [3.63, 3.8) is 0 Å². The molecule has 1 heterocycles. The van der Waals surface area contributed by atoms with Crippen molar-refractivity contribution < 1.29 is 9.13 Å². The number of nitrogens with zero attached hydrogens (tertiary/aromatic N) is 1. The number of hydrogen-bond acceptors (Lipinski definition) is 3. The Morgan fingerprint density at radius 2 is 1.75 bits per heavy atom. The fraction of sp³-hybridized carbons (Fsp3) is 0.250. The van der Waals surface area contributed by atoms with Gasteiger partial charge in [-0.15, -0.1) is 0 Å². The highest BCUT2D eigenvalue weighted by Gasteiger charge is 2.36. The number of halogens is 1. The van der Waals surface area contributed by atoms with E-state index in [1.807, 2.05) is 24.3 Å². The van der Waals surface area contributed by atoms with E-state index in [1.54, 1.807) is 23.9 Å². The zero-order chi connectivity index (χ0) is 17.2. The van der Waals surface area contributed by atoms with Crippen LogP contribution in [0.4, 0.5) is 10.1 Å². The van der Waals surface area contributed by atoms with Gasteiger partial charge in [-0.3, -0.25) is 0 Å². The highest BCUT2D eigenvalue weighted by Crippen LogP contribution is 2.38. The maximum atomic E-state index is 13.0. The molecule has 0 atom stereocenters. The van der Waals surface area contributed by atoms with E-state index in [2.05, 4.69) is 31.2 Å². The van der Waals surface area contributed by atoms with E-state index < -0.39 is 0 Å². The third kappa shape index (κ3) is 3.88. The van der Waals surface area contributed by atoms with Gasteiger partial charge < -0.3 is 4.74 Å². The predicted octanol–water partition coefficient (Wildman–Crippen LogP) is 5.90. The summed E-state index contributed by atoms with van der Waals surface area (Å²) in [4.78, 5) is 5.64. The molecule has 1 fully saturated rings. The van der Waals surface area contributed by atoms with Crippen LogP contribution < -0.4 is 0 Å². The monoisotopic (exact) mass is 341 g/mol. The molecule has 2 nitrogen and oxygen atoms in total. The van der Waals surface area contributed by atoms with Gasteiger partial charge in [0.05, 0.1) is 12.3 Å². The molecule has 2 aromatic carbocycles. The van der Waals surface area contributed by atoms with Crippen LogP contribution in [0.5, 0.6) is 0 Å². The highest BCUT2D eigenvalue weighted by molar-refractivity contribution is 8.02. The molecule has 124 valence electrons. The normalized spacial score (nSPS) is 19.7. The molecule has 0 spiro atoms. The standard InChI is InChI=1S/C20H20FNOS/c1-14-4-8-16(9-5-14)22-19-18(20(2,3)13-23-19)12-24-17-10-6-15(21)7-11-17/h4-12H,13H2,1-3H3/b18-12-,22-19-. The summed E-state index contributed by atoms with van der Waals surface area (Å²) in [7, 11) is 0. The number of rotatable bonds is 3. The van der Waals surface area contributed by atoms with Gasteiger partial charge in [-0.25, -0.2) is 9.38 Å². The van der Waals surface area contributed by atoms with Crippen LogP contribution in [0.3, 0.4) is 0 Å². The van der Waals surface area contributed by atoms with Crippen LogP contribution in [-0.2, 0) is 4.74 Å². The number of benzene rings is 2. The van der Waals surface area contributed by atoms with Crippen molar-refractivity contribution in [2.45, 2.75) is 25.7 Å². The number of hydrogen-bond donors (Lipinski definition) is 0. The Morgan fingerprint density at radius 1 is 1.08 bits per heavy atom. The van der Waals surface area contributed by atoms with Crippen LogP contribution in [0.25, 0.3) is 0 Å². The van der Waals surface area contributed by atoms with Crippen molar-refractivity contribution in [3.8, 4) is 0 Å². The van der Waals surface area contributed by atoms with Crippen LogP contribution in [0.15, 0.2) is 69.4 Å². The quantitative estimate of drug-likeness (QED) is 0.649. The summed E-state index contributed by atoms with van der Waals surface area (Å²) >= 11 is 1.56. The fourth-order valence-corrected chi connectivity index (χ4v) is 3.34. The summed E-state index contributed by atoms with van der Waals surface area (Å²) in [6, 6.07) is 14.5. The van der Waals surface area contributed by atoms with Crippen LogP contribution >= 0.6 is 11.8 Å². The van der Waals surface area contributed by atoms with Gasteiger partial charge in [-0.05, 0) is 48.7 Å². The lowest BCUT2D eigenvalue weighted by atomic mass is 9.88. The Morgan fingerprint density at radius 3 is 2.42 bits per heavy atom. The number of aryl methyl sites for hydroxylation is 1. The first-order valence-corrected chi connectivity index (χ1v) is 8.73. The van der Waals surface area contributed by atoms with Crippen molar-refractivity contribution in [2.24, 2.45) is 10.4 Å². The first kappa shape index (κ1) is 16.8. The van der Waals surface area contributed by atoms with E-state index in [4.69, 9.17) is 4.74 Å². The number of thioether (sulfide) groups is 1. The maximum Gasteiger partial charge on any atom is 0.218 e. The molecule has 1 saturated heterocycles. The fourth-order valence-electron chi connectivity index (χ4n) is 2.37. The molecular formula is C20H20FNOS. The lowest BCUT2D eigenvalue weighted by Crippen LogP contribution is -2.13. The van der Waals surface area contributed by atoms with Crippen molar-refractivity contribution in [2.75, 3.05) is 6.61 Å². The molecule has 0 aliphatic carbocycles. The van der Waals surface area contributed by atoms with Crippen molar-refractivity contribution in [1.29, 1.82) is 0 Å². The van der Waals surface area contributed by atoms with Crippen LogP contribution in [-0.4, -0.2) is 12.5 Å². The molecule has 2 aromatic rings. The summed E-state index contributed by atoms with van der Waals surface area (Å²) in [5.74, 6) is 0.441. The minimum absolute atomic E-state index is 0.101. The zero-order valence-electron chi connectivity index (χ0n) is 14.0. The smallest absolute Gasteiger partial charge is 0.218 e. The van der Waals surface area contributed by atoms with E-state index in [-0.39, 0.29) is 11.2 Å². The second-order valence-electron chi connectivity index (χ2n) is 6.53. The van der Waals surface area contributed by atoms with Gasteiger partial charge in [0, 0.05) is 15.9 Å². The summed E-state index contributed by atoms with van der Waals surface area (Å²) in [6.07, 6.45) is 0. The van der Waals surface area contributed by atoms with Gasteiger partial charge in [0.15, 0.2) is 0 Å². The van der Waals surface area contributed by atoms with Crippen LogP contribution in [0, 0.1) is 18.2 Å². The molecule has 0 bridgehead atoms. The number of ether oxygens (including phenoxy) is 1. The van der Waals surface area contributed by atoms with Gasteiger partial charge >= 0.3 is 0 Å². The van der Waals surface area contributed by atoms with Gasteiger partial charge in [0.25, 0.3) is 0 Å². The maximum absolute atomic E-state index is 13.0. The third-order valence-corrected chi connectivity index (χ3v) is 4.82. The van der Waals surface area contributed by atoms with Crippen LogP contribution in [0.2, 0.25) is 0 Å². The van der Waals surface area contributed by atoms with Crippen molar-refractivity contribution >= 4 is 23.3 Å². The molecule has 1 aliphatic rings. The first-order valence-electron chi connectivity index (χ1n) is 7.85. The average Bonchev–Trinajstić information content (AvgIpc) is 2.83. The zero-order valence-corrected chi connectivity index (χ0v) is 14.9. The predicted molar refractivity (Wildman–Crippen MR) is 98.3 cm³/mol. The Balaban J connectivity index is 1.87. The summed E-state index contributed by atoms with van der Waals surface area (Å²) in [5, 5.41) is 2.06. The Hall–Kier alpha value is -2.07. The Labute approximate surface area is 146 Å². The third-order valence-electron chi connectivity index (χ3n) is 3.92. The minimum atomic E-state index is -0.224. The largest absolute Gasteiger partial charge is 0.476 e. The highest BCUT2D eigenvalue weighted by atomic mass is 32.2. The van der Waals surface area contributed by atoms with E-state index in [9.17, 15) is 4.39 Å². The first-order chi connectivity index (χ1) is 11.4. The molecule has 3 rings (SSSR count). The molecule has 0 radical (unpaired) electrons. The molecule has 0 amide bonds. The molecule has 0 N–H and O–H groups in total. The lowest BCUT2D eigenvalue weighted by molar-refractivity contribution is 0.254.